The fourth-order valence-corrected chi connectivity index (χ4v) is 2.21. The number of fused-ring (bicyclic) bond motifs is 1. The zero-order valence-electron chi connectivity index (χ0n) is 11.1. The van der Waals surface area contributed by atoms with Crippen LogP contribution in [-0.4, -0.2) is 33.0 Å². The first-order chi connectivity index (χ1) is 9.75. The fraction of sp³-hybridized carbons (Fsp3) is 0.133. The maximum absolute atomic E-state index is 12.2. The van der Waals surface area contributed by atoms with Crippen molar-refractivity contribution in [2.75, 3.05) is 7.05 Å². The largest absolute Gasteiger partial charge is 0.337 e. The summed E-state index contributed by atoms with van der Waals surface area (Å²) < 4.78 is 0. The molecule has 3 rings (SSSR count). The minimum atomic E-state index is -0.0559. The molecule has 0 aliphatic carbocycles. The van der Waals surface area contributed by atoms with Crippen molar-refractivity contribution >= 4 is 16.8 Å². The molecule has 0 radical (unpaired) electrons. The van der Waals surface area contributed by atoms with E-state index in [0.717, 1.165) is 16.5 Å². The Morgan fingerprint density at radius 1 is 1.30 bits per heavy atom. The summed E-state index contributed by atoms with van der Waals surface area (Å²) in [7, 11) is 1.78. The highest BCUT2D eigenvalue weighted by Gasteiger charge is 2.14. The molecule has 100 valence electrons. The van der Waals surface area contributed by atoms with Gasteiger partial charge in [-0.15, -0.1) is 0 Å². The summed E-state index contributed by atoms with van der Waals surface area (Å²) in [4.78, 5) is 18.2. The number of para-hydroxylation sites is 1. The summed E-state index contributed by atoms with van der Waals surface area (Å²) in [6.07, 6.45) is 4.90. The predicted octanol–water partition coefficient (Wildman–Crippen LogP) is 2.23. The van der Waals surface area contributed by atoms with Gasteiger partial charge in [0.1, 0.15) is 0 Å². The Morgan fingerprint density at radius 3 is 2.95 bits per heavy atom. The van der Waals surface area contributed by atoms with Gasteiger partial charge < -0.3 is 4.90 Å². The van der Waals surface area contributed by atoms with E-state index in [1.807, 2.05) is 30.3 Å². The number of benzene rings is 1. The van der Waals surface area contributed by atoms with E-state index in [1.165, 1.54) is 6.20 Å². The maximum atomic E-state index is 12.2. The second-order valence-electron chi connectivity index (χ2n) is 4.64. The van der Waals surface area contributed by atoms with Crippen molar-refractivity contribution in [3.63, 3.8) is 0 Å². The number of carbonyl (C=O) groups is 1. The summed E-state index contributed by atoms with van der Waals surface area (Å²) in [6, 6.07) is 9.87. The molecule has 1 amide bonds. The number of hydrogen-bond donors (Lipinski definition) is 1. The second kappa shape index (κ2) is 5.13. The maximum Gasteiger partial charge on any atom is 0.257 e. The van der Waals surface area contributed by atoms with E-state index in [1.54, 1.807) is 24.3 Å². The van der Waals surface area contributed by atoms with Gasteiger partial charge in [0, 0.05) is 31.4 Å². The Labute approximate surface area is 116 Å². The van der Waals surface area contributed by atoms with Gasteiger partial charge in [-0.2, -0.15) is 5.10 Å². The van der Waals surface area contributed by atoms with Crippen LogP contribution in [0.2, 0.25) is 0 Å². The molecule has 0 saturated heterocycles. The van der Waals surface area contributed by atoms with E-state index in [9.17, 15) is 4.79 Å². The third-order valence-electron chi connectivity index (χ3n) is 3.24. The number of carbonyl (C=O) groups excluding carboxylic acids is 1. The molecule has 0 unspecified atom stereocenters. The SMILES string of the molecule is CN(Cc1ccnc2ccccc12)C(=O)c1cn[nH]c1. The third kappa shape index (κ3) is 2.25. The first-order valence-electron chi connectivity index (χ1n) is 6.32. The fourth-order valence-electron chi connectivity index (χ4n) is 2.21. The van der Waals surface area contributed by atoms with Crippen LogP contribution in [0.15, 0.2) is 48.9 Å². The van der Waals surface area contributed by atoms with Crippen LogP contribution >= 0.6 is 0 Å². The van der Waals surface area contributed by atoms with Crippen LogP contribution in [0, 0.1) is 0 Å². The summed E-state index contributed by atoms with van der Waals surface area (Å²) in [5, 5.41) is 7.52. The van der Waals surface area contributed by atoms with Gasteiger partial charge in [0.25, 0.3) is 5.91 Å². The van der Waals surface area contributed by atoms with Gasteiger partial charge in [0.15, 0.2) is 0 Å². The number of H-pyrrole nitrogens is 1. The number of aromatic amines is 1. The quantitative estimate of drug-likeness (QED) is 0.790. The molecule has 0 fully saturated rings. The molecular weight excluding hydrogens is 252 g/mol. The number of amides is 1. The highest BCUT2D eigenvalue weighted by molar-refractivity contribution is 5.93. The smallest absolute Gasteiger partial charge is 0.257 e. The van der Waals surface area contributed by atoms with Crippen molar-refractivity contribution < 1.29 is 4.79 Å². The molecule has 0 atom stereocenters. The van der Waals surface area contributed by atoms with Crippen LogP contribution in [0.4, 0.5) is 0 Å². The Kier molecular flexibility index (Phi) is 3.16. The molecular formula is C15H14N4O. The van der Waals surface area contributed by atoms with Crippen molar-refractivity contribution in [3.05, 3.63) is 60.0 Å². The number of nitrogens with one attached hydrogen (secondary N) is 1. The van der Waals surface area contributed by atoms with Crippen molar-refractivity contribution in [2.24, 2.45) is 0 Å². The normalized spacial score (nSPS) is 10.7. The van der Waals surface area contributed by atoms with Crippen molar-refractivity contribution in [1.82, 2.24) is 20.1 Å². The molecule has 3 aromatic rings. The molecule has 0 saturated carbocycles. The van der Waals surface area contributed by atoms with Gasteiger partial charge in [-0.05, 0) is 17.7 Å². The Bertz CT molecular complexity index is 731. The number of hydrogen-bond acceptors (Lipinski definition) is 3. The van der Waals surface area contributed by atoms with Gasteiger partial charge >= 0.3 is 0 Å². The first-order valence-corrected chi connectivity index (χ1v) is 6.32. The monoisotopic (exact) mass is 266 g/mol. The molecule has 20 heavy (non-hydrogen) atoms. The zero-order chi connectivity index (χ0) is 13.9. The number of nitrogens with zero attached hydrogens (tertiary/aromatic N) is 3. The lowest BCUT2D eigenvalue weighted by Crippen LogP contribution is -2.25. The highest BCUT2D eigenvalue weighted by Crippen LogP contribution is 2.18. The average Bonchev–Trinajstić information content (AvgIpc) is 3.01. The van der Waals surface area contributed by atoms with E-state index < -0.39 is 0 Å². The van der Waals surface area contributed by atoms with Crippen LogP contribution in [0.3, 0.4) is 0 Å². The third-order valence-corrected chi connectivity index (χ3v) is 3.24. The van der Waals surface area contributed by atoms with Gasteiger partial charge in [-0.3, -0.25) is 14.9 Å². The van der Waals surface area contributed by atoms with Gasteiger partial charge in [0.2, 0.25) is 0 Å². The lowest BCUT2D eigenvalue weighted by atomic mass is 10.1. The second-order valence-corrected chi connectivity index (χ2v) is 4.64. The molecule has 5 heteroatoms. The summed E-state index contributed by atoms with van der Waals surface area (Å²) in [5.41, 5.74) is 2.58. The number of rotatable bonds is 3. The van der Waals surface area contributed by atoms with E-state index in [4.69, 9.17) is 0 Å². The van der Waals surface area contributed by atoms with E-state index in [0.29, 0.717) is 12.1 Å². The molecule has 0 aliphatic heterocycles. The minimum Gasteiger partial charge on any atom is -0.337 e. The van der Waals surface area contributed by atoms with Gasteiger partial charge in [0.05, 0.1) is 17.3 Å². The first kappa shape index (κ1) is 12.3. The standard InChI is InChI=1S/C15H14N4O/c1-19(15(20)12-8-17-18-9-12)10-11-6-7-16-14-5-3-2-4-13(11)14/h2-9H,10H2,1H3,(H,17,18). The lowest BCUT2D eigenvalue weighted by Gasteiger charge is -2.17. The molecule has 0 bridgehead atoms. The van der Waals surface area contributed by atoms with Crippen LogP contribution in [0.5, 0.6) is 0 Å². The van der Waals surface area contributed by atoms with Gasteiger partial charge in [-0.25, -0.2) is 0 Å². The average molecular weight is 266 g/mol. The molecule has 0 aliphatic rings. The highest BCUT2D eigenvalue weighted by atomic mass is 16.2. The van der Waals surface area contributed by atoms with Gasteiger partial charge in [-0.1, -0.05) is 18.2 Å². The molecule has 1 aromatic carbocycles. The molecule has 2 aromatic heterocycles. The van der Waals surface area contributed by atoms with Crippen LogP contribution < -0.4 is 0 Å². The molecule has 0 spiro atoms. The minimum absolute atomic E-state index is 0.0559. The number of aromatic nitrogens is 3. The number of pyridine rings is 1. The molecule has 1 N–H and O–H groups in total. The van der Waals surface area contributed by atoms with E-state index >= 15 is 0 Å². The predicted molar refractivity (Wildman–Crippen MR) is 76.1 cm³/mol. The van der Waals surface area contributed by atoms with Crippen LogP contribution in [-0.2, 0) is 6.54 Å². The molecule has 2 heterocycles. The summed E-state index contributed by atoms with van der Waals surface area (Å²) in [6.45, 7) is 0.535. The lowest BCUT2D eigenvalue weighted by molar-refractivity contribution is 0.0785. The topological polar surface area (TPSA) is 61.9 Å². The van der Waals surface area contributed by atoms with E-state index in [2.05, 4.69) is 15.2 Å². The summed E-state index contributed by atoms with van der Waals surface area (Å²) in [5.74, 6) is -0.0559. The van der Waals surface area contributed by atoms with Crippen molar-refractivity contribution in [1.29, 1.82) is 0 Å². The van der Waals surface area contributed by atoms with Crippen molar-refractivity contribution in [2.45, 2.75) is 6.54 Å². The molecule has 5 nitrogen and oxygen atoms in total. The Morgan fingerprint density at radius 2 is 2.15 bits per heavy atom. The van der Waals surface area contributed by atoms with Crippen LogP contribution in [0.1, 0.15) is 15.9 Å². The van der Waals surface area contributed by atoms with E-state index in [-0.39, 0.29) is 5.91 Å². The van der Waals surface area contributed by atoms with Crippen molar-refractivity contribution in [3.8, 4) is 0 Å². The zero-order valence-corrected chi connectivity index (χ0v) is 11.1. The summed E-state index contributed by atoms with van der Waals surface area (Å²) >= 11 is 0. The Hall–Kier alpha value is -2.69. The Balaban J connectivity index is 1.88. The van der Waals surface area contributed by atoms with Crippen LogP contribution in [0.25, 0.3) is 10.9 Å².